The summed E-state index contributed by atoms with van der Waals surface area (Å²) in [5.41, 5.74) is 0. The van der Waals surface area contributed by atoms with Gasteiger partial charge < -0.3 is 0 Å². The number of hydrogen-bond acceptors (Lipinski definition) is 2. The van der Waals surface area contributed by atoms with Crippen molar-refractivity contribution < 1.29 is 44.7 Å². The molecule has 0 aliphatic heterocycles. The molecule has 0 N–H and O–H groups in total. The van der Waals surface area contributed by atoms with Gasteiger partial charge in [-0.2, -0.15) is 35.1 Å². The van der Waals surface area contributed by atoms with Gasteiger partial charge in [-0.3, -0.25) is 9.59 Å². The average molecular weight is 244 g/mol. The van der Waals surface area contributed by atoms with Crippen LogP contribution in [0.2, 0.25) is 0 Å². The zero-order valence-corrected chi connectivity index (χ0v) is 6.34. The number of rotatable bonds is 2. The highest BCUT2D eigenvalue weighted by atomic mass is 19.4. The molecule has 0 saturated carbocycles. The summed E-state index contributed by atoms with van der Waals surface area (Å²) in [5.74, 6) is -14.2. The summed E-state index contributed by atoms with van der Waals surface area (Å²) < 4.78 is 92.2. The monoisotopic (exact) mass is 244 g/mol. The van der Waals surface area contributed by atoms with Crippen LogP contribution in [0.3, 0.4) is 0 Å². The predicted molar refractivity (Wildman–Crippen MR) is 27.1 cm³/mol. The standard InChI is InChI=1S/C5F8O2/c6-3(7,1(14)4(8,9)10)2(15)5(11,12)13. The van der Waals surface area contributed by atoms with Crippen molar-refractivity contribution >= 4 is 11.6 Å². The second kappa shape index (κ2) is 3.42. The van der Waals surface area contributed by atoms with E-state index >= 15 is 0 Å². The minimum absolute atomic E-state index is 4.04. The van der Waals surface area contributed by atoms with E-state index in [0.29, 0.717) is 0 Å². The third kappa shape index (κ3) is 2.86. The lowest BCUT2D eigenvalue weighted by Gasteiger charge is -2.16. The number of ketones is 2. The second-order valence-corrected chi connectivity index (χ2v) is 2.23. The van der Waals surface area contributed by atoms with Crippen molar-refractivity contribution in [2.75, 3.05) is 0 Å². The lowest BCUT2D eigenvalue weighted by atomic mass is 10.1. The topological polar surface area (TPSA) is 34.1 Å². The Bertz CT molecular complexity index is 256. The molecule has 0 rings (SSSR count). The quantitative estimate of drug-likeness (QED) is 0.549. The third-order valence-electron chi connectivity index (χ3n) is 1.09. The largest absolute Gasteiger partial charge is 0.456 e. The van der Waals surface area contributed by atoms with Crippen molar-refractivity contribution in [3.8, 4) is 0 Å². The zero-order chi connectivity index (χ0) is 12.7. The molecule has 15 heavy (non-hydrogen) atoms. The van der Waals surface area contributed by atoms with Crippen LogP contribution < -0.4 is 0 Å². The molecule has 0 aromatic rings. The van der Waals surface area contributed by atoms with Crippen LogP contribution >= 0.6 is 0 Å². The van der Waals surface area contributed by atoms with Crippen LogP contribution in [0.5, 0.6) is 0 Å². The van der Waals surface area contributed by atoms with Gasteiger partial charge in [0.1, 0.15) is 0 Å². The molecule has 0 unspecified atom stereocenters. The molecule has 0 spiro atoms. The summed E-state index contributed by atoms with van der Waals surface area (Å²) >= 11 is 0. The van der Waals surface area contributed by atoms with Gasteiger partial charge in [0.2, 0.25) is 0 Å². The van der Waals surface area contributed by atoms with Gasteiger partial charge in [-0.25, -0.2) is 0 Å². The number of carbonyl (C=O) groups is 2. The fourth-order valence-corrected chi connectivity index (χ4v) is 0.459. The fourth-order valence-electron chi connectivity index (χ4n) is 0.459. The van der Waals surface area contributed by atoms with E-state index in [4.69, 9.17) is 0 Å². The van der Waals surface area contributed by atoms with Gasteiger partial charge >= 0.3 is 29.8 Å². The summed E-state index contributed by atoms with van der Waals surface area (Å²) in [7, 11) is 0. The number of alkyl halides is 8. The van der Waals surface area contributed by atoms with Gasteiger partial charge in [-0.1, -0.05) is 0 Å². The number of Topliss-reactive ketones (excluding diaryl/α,β-unsaturated/α-hetero) is 2. The molecular formula is C5F8O2. The van der Waals surface area contributed by atoms with E-state index in [1.54, 1.807) is 0 Å². The van der Waals surface area contributed by atoms with Gasteiger partial charge in [0.15, 0.2) is 0 Å². The SMILES string of the molecule is O=C(C(F)(F)F)C(F)(F)C(=O)C(F)(F)F. The van der Waals surface area contributed by atoms with Gasteiger partial charge in [0.05, 0.1) is 0 Å². The highest BCUT2D eigenvalue weighted by molar-refractivity contribution is 6.12. The van der Waals surface area contributed by atoms with E-state index in [9.17, 15) is 44.7 Å². The lowest BCUT2D eigenvalue weighted by Crippen LogP contribution is -2.51. The molecule has 0 saturated heterocycles. The smallest absolute Gasteiger partial charge is 0.282 e. The minimum atomic E-state index is -6.22. The van der Waals surface area contributed by atoms with Crippen LogP contribution in [0.25, 0.3) is 0 Å². The molecule has 0 atom stereocenters. The molecule has 0 aromatic carbocycles. The Morgan fingerprint density at radius 2 is 0.800 bits per heavy atom. The molecule has 88 valence electrons. The molecular weight excluding hydrogens is 244 g/mol. The second-order valence-electron chi connectivity index (χ2n) is 2.23. The van der Waals surface area contributed by atoms with E-state index in [0.717, 1.165) is 0 Å². The van der Waals surface area contributed by atoms with Crippen LogP contribution in [0.1, 0.15) is 0 Å². The molecule has 0 aliphatic rings. The van der Waals surface area contributed by atoms with Crippen LogP contribution in [-0.2, 0) is 9.59 Å². The molecule has 0 bridgehead atoms. The summed E-state index contributed by atoms with van der Waals surface area (Å²) in [5, 5.41) is 0. The maximum absolute atomic E-state index is 12.1. The number of hydrogen-bond donors (Lipinski definition) is 0. The highest BCUT2D eigenvalue weighted by Gasteiger charge is 2.66. The fraction of sp³-hybridized carbons (Fsp3) is 0.600. The van der Waals surface area contributed by atoms with E-state index in [1.807, 2.05) is 0 Å². The van der Waals surface area contributed by atoms with Gasteiger partial charge in [0.25, 0.3) is 0 Å². The summed E-state index contributed by atoms with van der Waals surface area (Å²) in [6, 6.07) is 0. The maximum atomic E-state index is 12.1. The van der Waals surface area contributed by atoms with Crippen molar-refractivity contribution in [1.29, 1.82) is 0 Å². The first-order valence-corrected chi connectivity index (χ1v) is 2.92. The average Bonchev–Trinajstić information content (AvgIpc) is 1.98. The summed E-state index contributed by atoms with van der Waals surface area (Å²) in [6.07, 6.45) is -12.4. The van der Waals surface area contributed by atoms with Crippen LogP contribution in [0.15, 0.2) is 0 Å². The number of carbonyl (C=O) groups excluding carboxylic acids is 2. The molecule has 0 heterocycles. The predicted octanol–water partition coefficient (Wildman–Crippen LogP) is 1.88. The molecule has 10 heteroatoms. The van der Waals surface area contributed by atoms with Gasteiger partial charge in [-0.15, -0.1) is 0 Å². The van der Waals surface area contributed by atoms with Crippen molar-refractivity contribution in [3.63, 3.8) is 0 Å². The molecule has 0 aromatic heterocycles. The van der Waals surface area contributed by atoms with Gasteiger partial charge in [-0.05, 0) is 0 Å². The van der Waals surface area contributed by atoms with Crippen molar-refractivity contribution in [2.24, 2.45) is 0 Å². The van der Waals surface area contributed by atoms with Crippen LogP contribution in [0, 0.1) is 0 Å². The minimum Gasteiger partial charge on any atom is -0.282 e. The van der Waals surface area contributed by atoms with E-state index in [1.165, 1.54) is 0 Å². The Kier molecular flexibility index (Phi) is 3.14. The van der Waals surface area contributed by atoms with Crippen LogP contribution in [-0.4, -0.2) is 29.8 Å². The Balaban J connectivity index is 5.18. The number of halogens is 8. The normalized spacial score (nSPS) is 13.9. The molecule has 0 amide bonds. The Labute approximate surface area is 75.8 Å². The highest BCUT2D eigenvalue weighted by Crippen LogP contribution is 2.33. The molecule has 0 fully saturated rings. The van der Waals surface area contributed by atoms with E-state index in [-0.39, 0.29) is 0 Å². The Morgan fingerprint density at radius 1 is 0.600 bits per heavy atom. The van der Waals surface area contributed by atoms with Crippen molar-refractivity contribution in [1.82, 2.24) is 0 Å². The summed E-state index contributed by atoms with van der Waals surface area (Å²) in [6.45, 7) is 0. The maximum Gasteiger partial charge on any atom is 0.456 e. The van der Waals surface area contributed by atoms with E-state index in [2.05, 4.69) is 0 Å². The van der Waals surface area contributed by atoms with Crippen molar-refractivity contribution in [3.05, 3.63) is 0 Å². The first-order valence-electron chi connectivity index (χ1n) is 2.92. The molecule has 0 radical (unpaired) electrons. The molecule has 0 aliphatic carbocycles. The first kappa shape index (κ1) is 13.8. The lowest BCUT2D eigenvalue weighted by molar-refractivity contribution is -0.213. The Morgan fingerprint density at radius 3 is 0.933 bits per heavy atom. The zero-order valence-electron chi connectivity index (χ0n) is 6.34. The van der Waals surface area contributed by atoms with E-state index < -0.39 is 29.8 Å². The first-order chi connectivity index (χ1) is 6.31. The Hall–Kier alpha value is -1.22. The van der Waals surface area contributed by atoms with Gasteiger partial charge in [0, 0.05) is 0 Å². The van der Waals surface area contributed by atoms with Crippen LogP contribution in [0.4, 0.5) is 35.1 Å². The summed E-state index contributed by atoms with van der Waals surface area (Å²) in [4.78, 5) is 19.6. The molecule has 2 nitrogen and oxygen atoms in total. The van der Waals surface area contributed by atoms with Crippen molar-refractivity contribution in [2.45, 2.75) is 18.3 Å². The third-order valence-corrected chi connectivity index (χ3v) is 1.09.